The highest BCUT2D eigenvalue weighted by molar-refractivity contribution is 7.89. The lowest BCUT2D eigenvalue weighted by molar-refractivity contribution is 0.494. The van der Waals surface area contributed by atoms with E-state index in [0.717, 1.165) is 5.56 Å². The van der Waals surface area contributed by atoms with Crippen molar-refractivity contribution in [3.63, 3.8) is 0 Å². The van der Waals surface area contributed by atoms with E-state index in [1.165, 1.54) is 30.3 Å². The Morgan fingerprint density at radius 1 is 1.12 bits per heavy atom. The van der Waals surface area contributed by atoms with Gasteiger partial charge in [-0.15, -0.1) is 10.2 Å². The van der Waals surface area contributed by atoms with Crippen LogP contribution in [0, 0.1) is 12.7 Å². The monoisotopic (exact) mass is 347 g/mol. The van der Waals surface area contributed by atoms with Crippen molar-refractivity contribution < 1.29 is 17.2 Å². The molecule has 0 saturated heterocycles. The van der Waals surface area contributed by atoms with Gasteiger partial charge in [0.1, 0.15) is 5.82 Å². The third-order valence-corrected chi connectivity index (χ3v) is 4.67. The van der Waals surface area contributed by atoms with Crippen LogP contribution in [0.3, 0.4) is 0 Å². The fourth-order valence-corrected chi connectivity index (χ4v) is 3.14. The Morgan fingerprint density at radius 2 is 1.88 bits per heavy atom. The average Bonchev–Trinajstić information content (AvgIpc) is 3.03. The van der Waals surface area contributed by atoms with Gasteiger partial charge in [-0.2, -0.15) is 0 Å². The van der Waals surface area contributed by atoms with Crippen LogP contribution in [0.5, 0.6) is 0 Å². The summed E-state index contributed by atoms with van der Waals surface area (Å²) < 4.78 is 45.2. The zero-order valence-corrected chi connectivity index (χ0v) is 13.5. The van der Waals surface area contributed by atoms with Gasteiger partial charge in [-0.05, 0) is 48.9 Å². The number of benzene rings is 2. The lowest BCUT2D eigenvalue weighted by Gasteiger charge is -2.05. The second-order valence-corrected chi connectivity index (χ2v) is 6.92. The Balaban J connectivity index is 1.72. The highest BCUT2D eigenvalue weighted by Crippen LogP contribution is 2.18. The average molecular weight is 347 g/mol. The number of nitrogens with one attached hydrogen (secondary N) is 1. The van der Waals surface area contributed by atoms with E-state index in [0.29, 0.717) is 5.56 Å². The number of hydrogen-bond acceptors (Lipinski definition) is 5. The van der Waals surface area contributed by atoms with Crippen LogP contribution in [0.15, 0.2) is 57.8 Å². The van der Waals surface area contributed by atoms with Crippen molar-refractivity contribution in [3.8, 4) is 11.5 Å². The van der Waals surface area contributed by atoms with Crippen LogP contribution in [0.4, 0.5) is 4.39 Å². The minimum absolute atomic E-state index is 0.116. The smallest absolute Gasteiger partial charge is 0.247 e. The van der Waals surface area contributed by atoms with Crippen LogP contribution < -0.4 is 4.72 Å². The van der Waals surface area contributed by atoms with Crippen LogP contribution in [-0.2, 0) is 16.6 Å². The first kappa shape index (κ1) is 16.3. The normalized spacial score (nSPS) is 11.6. The van der Waals surface area contributed by atoms with Gasteiger partial charge in [-0.1, -0.05) is 12.1 Å². The highest BCUT2D eigenvalue weighted by Gasteiger charge is 2.16. The molecule has 0 aliphatic carbocycles. The maximum Gasteiger partial charge on any atom is 0.247 e. The molecule has 1 N–H and O–H groups in total. The molecule has 2 aromatic carbocycles. The molecule has 0 spiro atoms. The molecular weight excluding hydrogens is 333 g/mol. The second kappa shape index (κ2) is 6.50. The first-order chi connectivity index (χ1) is 11.4. The minimum Gasteiger partial charge on any atom is -0.419 e. The zero-order chi connectivity index (χ0) is 17.2. The molecule has 0 saturated carbocycles. The van der Waals surface area contributed by atoms with Gasteiger partial charge in [0, 0.05) is 5.56 Å². The number of aromatic nitrogens is 2. The van der Waals surface area contributed by atoms with E-state index >= 15 is 0 Å². The van der Waals surface area contributed by atoms with Gasteiger partial charge in [0.05, 0.1) is 11.4 Å². The van der Waals surface area contributed by atoms with Crippen molar-refractivity contribution >= 4 is 10.0 Å². The lowest BCUT2D eigenvalue weighted by Crippen LogP contribution is -2.23. The van der Waals surface area contributed by atoms with Crippen molar-refractivity contribution in [3.05, 3.63) is 65.8 Å². The molecule has 0 atom stereocenters. The van der Waals surface area contributed by atoms with Gasteiger partial charge in [-0.25, -0.2) is 17.5 Å². The summed E-state index contributed by atoms with van der Waals surface area (Å²) in [6.07, 6.45) is 0. The summed E-state index contributed by atoms with van der Waals surface area (Å²) >= 11 is 0. The molecule has 0 aliphatic heterocycles. The Morgan fingerprint density at radius 3 is 2.58 bits per heavy atom. The number of nitrogens with zero attached hydrogens (tertiary/aromatic N) is 2. The molecule has 8 heteroatoms. The Labute approximate surface area is 138 Å². The van der Waals surface area contributed by atoms with Gasteiger partial charge < -0.3 is 4.42 Å². The number of rotatable bonds is 5. The topological polar surface area (TPSA) is 85.1 Å². The predicted octanol–water partition coefficient (Wildman–Crippen LogP) is 2.66. The van der Waals surface area contributed by atoms with Crippen LogP contribution in [-0.4, -0.2) is 18.6 Å². The van der Waals surface area contributed by atoms with Crippen LogP contribution >= 0.6 is 0 Å². The van der Waals surface area contributed by atoms with Crippen molar-refractivity contribution in [2.75, 3.05) is 0 Å². The third kappa shape index (κ3) is 3.66. The summed E-state index contributed by atoms with van der Waals surface area (Å²) in [4.78, 5) is 0.167. The van der Waals surface area contributed by atoms with Crippen molar-refractivity contribution in [2.24, 2.45) is 0 Å². The summed E-state index contributed by atoms with van der Waals surface area (Å²) in [5.41, 5.74) is 1.39. The molecule has 0 unspecified atom stereocenters. The predicted molar refractivity (Wildman–Crippen MR) is 84.9 cm³/mol. The molecule has 0 bridgehead atoms. The second-order valence-electron chi connectivity index (χ2n) is 5.15. The fraction of sp³-hybridized carbons (Fsp3) is 0.125. The largest absolute Gasteiger partial charge is 0.419 e. The molecule has 24 heavy (non-hydrogen) atoms. The SMILES string of the molecule is Cc1cccc(S(=O)(=O)NCc2nnc(-c3ccc(F)cc3)o2)c1. The quantitative estimate of drug-likeness (QED) is 0.767. The Kier molecular flexibility index (Phi) is 4.41. The summed E-state index contributed by atoms with van der Waals surface area (Å²) in [5, 5.41) is 7.62. The van der Waals surface area contributed by atoms with Crippen molar-refractivity contribution in [1.82, 2.24) is 14.9 Å². The van der Waals surface area contributed by atoms with E-state index in [-0.39, 0.29) is 29.0 Å². The summed E-state index contributed by atoms with van der Waals surface area (Å²) in [6, 6.07) is 12.1. The minimum atomic E-state index is -3.67. The fourth-order valence-electron chi connectivity index (χ4n) is 2.06. The van der Waals surface area contributed by atoms with Gasteiger partial charge in [0.2, 0.25) is 21.8 Å². The first-order valence-corrected chi connectivity index (χ1v) is 8.57. The van der Waals surface area contributed by atoms with Crippen LogP contribution in [0.1, 0.15) is 11.5 Å². The molecular formula is C16H14FN3O3S. The van der Waals surface area contributed by atoms with E-state index in [2.05, 4.69) is 14.9 Å². The molecule has 3 rings (SSSR count). The first-order valence-electron chi connectivity index (χ1n) is 7.09. The van der Waals surface area contributed by atoms with Crippen molar-refractivity contribution in [2.45, 2.75) is 18.4 Å². The van der Waals surface area contributed by atoms with Gasteiger partial charge in [-0.3, -0.25) is 0 Å². The maximum atomic E-state index is 12.9. The zero-order valence-electron chi connectivity index (χ0n) is 12.7. The Bertz CT molecular complexity index is 953. The summed E-state index contributed by atoms with van der Waals surface area (Å²) in [5.74, 6) is -0.0605. The van der Waals surface area contributed by atoms with Crippen LogP contribution in [0.2, 0.25) is 0 Å². The van der Waals surface area contributed by atoms with E-state index in [1.807, 2.05) is 13.0 Å². The molecule has 124 valence electrons. The molecule has 0 fully saturated rings. The van der Waals surface area contributed by atoms with Gasteiger partial charge >= 0.3 is 0 Å². The van der Waals surface area contributed by atoms with Crippen LogP contribution in [0.25, 0.3) is 11.5 Å². The number of halogens is 1. The molecule has 1 aromatic heterocycles. The third-order valence-electron chi connectivity index (χ3n) is 3.27. The number of sulfonamides is 1. The molecule has 0 aliphatic rings. The van der Waals surface area contributed by atoms with Crippen molar-refractivity contribution in [1.29, 1.82) is 0 Å². The summed E-state index contributed by atoms with van der Waals surface area (Å²) in [7, 11) is -3.67. The van der Waals surface area contributed by atoms with Gasteiger partial charge in [0.25, 0.3) is 0 Å². The molecule has 1 heterocycles. The van der Waals surface area contributed by atoms with Gasteiger partial charge in [0.15, 0.2) is 0 Å². The molecule has 0 radical (unpaired) electrons. The van der Waals surface area contributed by atoms with E-state index < -0.39 is 10.0 Å². The molecule has 0 amide bonds. The van der Waals surface area contributed by atoms with E-state index in [4.69, 9.17) is 4.42 Å². The lowest BCUT2D eigenvalue weighted by atomic mass is 10.2. The van der Waals surface area contributed by atoms with E-state index in [9.17, 15) is 12.8 Å². The summed E-state index contributed by atoms with van der Waals surface area (Å²) in [6.45, 7) is 1.68. The Hall–Kier alpha value is -2.58. The molecule has 3 aromatic rings. The number of hydrogen-bond donors (Lipinski definition) is 1. The standard InChI is InChI=1S/C16H14FN3O3S/c1-11-3-2-4-14(9-11)24(21,22)18-10-15-19-20-16(23-15)12-5-7-13(17)8-6-12/h2-9,18H,10H2,1H3. The maximum absolute atomic E-state index is 12.9. The number of aryl methyl sites for hydroxylation is 1. The molecule has 6 nitrogen and oxygen atoms in total. The van der Waals surface area contributed by atoms with E-state index in [1.54, 1.807) is 12.1 Å². The highest BCUT2D eigenvalue weighted by atomic mass is 32.2.